The first kappa shape index (κ1) is 20.2. The van der Waals surface area contributed by atoms with E-state index in [0.29, 0.717) is 12.3 Å². The molecule has 0 saturated carbocycles. The summed E-state index contributed by atoms with van der Waals surface area (Å²) >= 11 is 3.34. The third kappa shape index (κ3) is 6.62. The van der Waals surface area contributed by atoms with E-state index >= 15 is 0 Å². The van der Waals surface area contributed by atoms with Crippen LogP contribution in [0.5, 0.6) is 0 Å². The molecule has 7 heteroatoms. The van der Waals surface area contributed by atoms with Crippen LogP contribution in [-0.4, -0.2) is 38.7 Å². The van der Waals surface area contributed by atoms with Crippen LogP contribution >= 0.6 is 15.9 Å². The van der Waals surface area contributed by atoms with Crippen LogP contribution in [0.2, 0.25) is 18.1 Å². The number of aliphatic hydroxyl groups excluding tert-OH is 1. The molecule has 0 saturated heterocycles. The van der Waals surface area contributed by atoms with Crippen molar-refractivity contribution in [1.29, 1.82) is 0 Å². The molecule has 1 atom stereocenters. The molecule has 0 aliphatic rings. The van der Waals surface area contributed by atoms with Crippen molar-refractivity contribution in [2.75, 3.05) is 18.5 Å². The maximum absolute atomic E-state index is 12.0. The van der Waals surface area contributed by atoms with Gasteiger partial charge in [0.1, 0.15) is 0 Å². The van der Waals surface area contributed by atoms with Crippen LogP contribution in [0.4, 0.5) is 10.5 Å². The second-order valence-corrected chi connectivity index (χ2v) is 12.8. The molecule has 0 fully saturated rings. The van der Waals surface area contributed by atoms with E-state index in [0.717, 1.165) is 4.47 Å². The number of rotatable bonds is 6. The summed E-state index contributed by atoms with van der Waals surface area (Å²) in [6, 6.07) is 6.50. The lowest BCUT2D eigenvalue weighted by molar-refractivity contribution is 0.174. The third-order valence-corrected chi connectivity index (χ3v) is 9.14. The molecule has 0 aromatic heterocycles. The number of hydrogen-bond acceptors (Lipinski definition) is 3. The number of nitrogens with one attached hydrogen (secondary N) is 2. The van der Waals surface area contributed by atoms with Crippen molar-refractivity contribution in [3.63, 3.8) is 0 Å². The minimum atomic E-state index is -1.90. The van der Waals surface area contributed by atoms with E-state index in [1.807, 2.05) is 12.1 Å². The molecule has 0 aliphatic heterocycles. The number of aliphatic hydroxyl groups is 1. The normalized spacial score (nSPS) is 13.5. The largest absolute Gasteiger partial charge is 0.415 e. The zero-order chi connectivity index (χ0) is 17.7. The lowest BCUT2D eigenvalue weighted by atomic mass is 10.2. The van der Waals surface area contributed by atoms with Gasteiger partial charge in [0, 0.05) is 10.2 Å². The molecular weight excluding hydrogens is 376 g/mol. The van der Waals surface area contributed by atoms with Crippen molar-refractivity contribution in [3.05, 3.63) is 28.7 Å². The molecule has 1 aromatic rings. The first-order valence-corrected chi connectivity index (χ1v) is 11.3. The minimum absolute atomic E-state index is 0.0900. The van der Waals surface area contributed by atoms with Crippen LogP contribution in [0.15, 0.2) is 28.7 Å². The van der Waals surface area contributed by atoms with Gasteiger partial charge in [-0.1, -0.05) is 36.7 Å². The van der Waals surface area contributed by atoms with Gasteiger partial charge in [-0.15, -0.1) is 0 Å². The first-order valence-electron chi connectivity index (χ1n) is 7.63. The van der Waals surface area contributed by atoms with Gasteiger partial charge in [-0.3, -0.25) is 0 Å². The van der Waals surface area contributed by atoms with E-state index in [4.69, 9.17) is 4.43 Å². The molecule has 23 heavy (non-hydrogen) atoms. The number of carbonyl (C=O) groups is 1. The molecule has 0 aliphatic carbocycles. The summed E-state index contributed by atoms with van der Waals surface area (Å²) in [5, 5.41) is 15.0. The average molecular weight is 403 g/mol. The Bertz CT molecular complexity index is 515. The van der Waals surface area contributed by atoms with Crippen molar-refractivity contribution in [1.82, 2.24) is 5.32 Å². The van der Waals surface area contributed by atoms with Crippen molar-refractivity contribution >= 4 is 36.0 Å². The summed E-state index contributed by atoms with van der Waals surface area (Å²) < 4.78 is 6.99. The summed E-state index contributed by atoms with van der Waals surface area (Å²) in [7, 11) is -1.90. The average Bonchev–Trinajstić information content (AvgIpc) is 2.44. The molecule has 5 nitrogen and oxygen atoms in total. The molecule has 0 bridgehead atoms. The Kier molecular flexibility index (Phi) is 7.25. The third-order valence-electron chi connectivity index (χ3n) is 4.11. The minimum Gasteiger partial charge on any atom is -0.415 e. The number of hydrogen-bond donors (Lipinski definition) is 3. The molecule has 0 radical (unpaired) electrons. The Morgan fingerprint density at radius 3 is 2.35 bits per heavy atom. The number of urea groups is 1. The number of carbonyl (C=O) groups excluding carboxylic acids is 1. The SMILES string of the molecule is CC(C)(C)[Si](C)(C)OCC(CO)NC(=O)Nc1ccc(Br)cc1. The van der Waals surface area contributed by atoms with E-state index in [9.17, 15) is 9.90 Å². The lowest BCUT2D eigenvalue weighted by Crippen LogP contribution is -2.48. The predicted molar refractivity (Wildman–Crippen MR) is 100 cm³/mol. The quantitative estimate of drug-likeness (QED) is 0.630. The van der Waals surface area contributed by atoms with Crippen molar-refractivity contribution < 1.29 is 14.3 Å². The number of anilines is 1. The maximum atomic E-state index is 12.0. The Morgan fingerprint density at radius 2 is 1.87 bits per heavy atom. The van der Waals surface area contributed by atoms with Crippen LogP contribution < -0.4 is 10.6 Å². The van der Waals surface area contributed by atoms with E-state index in [-0.39, 0.29) is 17.7 Å². The van der Waals surface area contributed by atoms with E-state index in [1.54, 1.807) is 12.1 Å². The lowest BCUT2D eigenvalue weighted by Gasteiger charge is -2.37. The Labute approximate surface area is 148 Å². The molecule has 0 spiro atoms. The van der Waals surface area contributed by atoms with Crippen LogP contribution in [0, 0.1) is 0 Å². The monoisotopic (exact) mass is 402 g/mol. The molecule has 0 heterocycles. The van der Waals surface area contributed by atoms with Gasteiger partial charge >= 0.3 is 6.03 Å². The fraction of sp³-hybridized carbons (Fsp3) is 0.562. The predicted octanol–water partition coefficient (Wildman–Crippen LogP) is 3.95. The van der Waals surface area contributed by atoms with Gasteiger partial charge in [-0.2, -0.15) is 0 Å². The number of amides is 2. The Morgan fingerprint density at radius 1 is 1.30 bits per heavy atom. The first-order chi connectivity index (χ1) is 10.5. The Hall–Kier alpha value is -0.893. The fourth-order valence-electron chi connectivity index (χ4n) is 1.55. The second-order valence-electron chi connectivity index (χ2n) is 7.06. The van der Waals surface area contributed by atoms with E-state index in [1.165, 1.54) is 0 Å². The highest BCUT2D eigenvalue weighted by atomic mass is 79.9. The van der Waals surface area contributed by atoms with Crippen molar-refractivity contribution in [2.24, 2.45) is 0 Å². The van der Waals surface area contributed by atoms with Gasteiger partial charge in [-0.25, -0.2) is 4.79 Å². The summed E-state index contributed by atoms with van der Waals surface area (Å²) in [6.07, 6.45) is 0. The molecule has 1 aromatic carbocycles. The van der Waals surface area contributed by atoms with Crippen LogP contribution in [-0.2, 0) is 4.43 Å². The van der Waals surface area contributed by atoms with Crippen LogP contribution in [0.25, 0.3) is 0 Å². The number of benzene rings is 1. The van der Waals surface area contributed by atoms with Crippen molar-refractivity contribution in [3.8, 4) is 0 Å². The maximum Gasteiger partial charge on any atom is 0.319 e. The van der Waals surface area contributed by atoms with Gasteiger partial charge in [-0.05, 0) is 42.4 Å². The highest BCUT2D eigenvalue weighted by molar-refractivity contribution is 9.10. The topological polar surface area (TPSA) is 70.6 Å². The summed E-state index contributed by atoms with van der Waals surface area (Å²) in [4.78, 5) is 12.0. The fourth-order valence-corrected chi connectivity index (χ4v) is 2.87. The molecule has 1 unspecified atom stereocenters. The zero-order valence-electron chi connectivity index (χ0n) is 14.4. The zero-order valence-corrected chi connectivity index (χ0v) is 17.0. The van der Waals surface area contributed by atoms with E-state index in [2.05, 4.69) is 60.4 Å². The molecule has 2 amide bonds. The standard InChI is InChI=1S/C16H27BrN2O3Si/c1-16(2,3)23(4,5)22-11-14(10-20)19-15(21)18-13-8-6-12(17)7-9-13/h6-9,14,20H,10-11H2,1-5H3,(H2,18,19,21). The smallest absolute Gasteiger partial charge is 0.319 e. The van der Waals surface area contributed by atoms with Gasteiger partial charge in [0.2, 0.25) is 0 Å². The van der Waals surface area contributed by atoms with Crippen LogP contribution in [0.1, 0.15) is 20.8 Å². The molecule has 130 valence electrons. The summed E-state index contributed by atoms with van der Waals surface area (Å²) in [6.45, 7) is 10.9. The molecular formula is C16H27BrN2O3Si. The molecule has 1 rings (SSSR count). The van der Waals surface area contributed by atoms with Gasteiger partial charge in [0.15, 0.2) is 8.32 Å². The molecule has 3 N–H and O–H groups in total. The van der Waals surface area contributed by atoms with Crippen LogP contribution in [0.3, 0.4) is 0 Å². The van der Waals surface area contributed by atoms with Gasteiger partial charge < -0.3 is 20.2 Å². The highest BCUT2D eigenvalue weighted by Crippen LogP contribution is 2.36. The van der Waals surface area contributed by atoms with E-state index < -0.39 is 14.4 Å². The van der Waals surface area contributed by atoms with Crippen molar-refractivity contribution in [2.45, 2.75) is 44.9 Å². The summed E-state index contributed by atoms with van der Waals surface area (Å²) in [5.41, 5.74) is 0.688. The van der Waals surface area contributed by atoms with Gasteiger partial charge in [0.25, 0.3) is 0 Å². The van der Waals surface area contributed by atoms with Gasteiger partial charge in [0.05, 0.1) is 19.3 Å². The summed E-state index contributed by atoms with van der Waals surface area (Å²) in [5.74, 6) is 0. The second kappa shape index (κ2) is 8.28. The highest BCUT2D eigenvalue weighted by Gasteiger charge is 2.37. The Balaban J connectivity index is 2.52. The number of halogens is 1.